The van der Waals surface area contributed by atoms with Crippen molar-refractivity contribution in [1.29, 1.82) is 0 Å². The monoisotopic (exact) mass is 160 g/mol. The molecule has 0 spiro atoms. The van der Waals surface area contributed by atoms with Crippen LogP contribution in [-0.2, 0) is 14.3 Å². The van der Waals surface area contributed by atoms with Gasteiger partial charge >= 0.3 is 0 Å². The summed E-state index contributed by atoms with van der Waals surface area (Å²) in [4.78, 5) is 19.7. The van der Waals surface area contributed by atoms with Gasteiger partial charge in [0.05, 0.1) is 0 Å². The van der Waals surface area contributed by atoms with Gasteiger partial charge in [-0.2, -0.15) is 0 Å². The van der Waals surface area contributed by atoms with Crippen molar-refractivity contribution in [3.05, 3.63) is 0 Å². The lowest BCUT2D eigenvalue weighted by atomic mass is 10.6. The molecule has 0 fully saturated rings. The fraction of sp³-hybridized carbons (Fsp3) is 0.667. The van der Waals surface area contributed by atoms with Crippen molar-refractivity contribution in [2.24, 2.45) is 0 Å². The van der Waals surface area contributed by atoms with Crippen LogP contribution in [0.3, 0.4) is 0 Å². The van der Waals surface area contributed by atoms with E-state index in [9.17, 15) is 9.59 Å². The Morgan fingerprint density at radius 2 is 1.45 bits per heavy atom. The summed E-state index contributed by atoms with van der Waals surface area (Å²) in [6.45, 7) is 3.33. The zero-order chi connectivity index (χ0) is 8.69. The fourth-order valence-corrected chi connectivity index (χ4v) is 0.576. The highest BCUT2D eigenvalue weighted by molar-refractivity contribution is 5.46. The summed E-state index contributed by atoms with van der Waals surface area (Å²) in [5.74, 6) is 0. The van der Waals surface area contributed by atoms with Crippen molar-refractivity contribution in [3.63, 3.8) is 0 Å². The van der Waals surface area contributed by atoms with Gasteiger partial charge in [0.2, 0.25) is 12.8 Å². The molecule has 0 aliphatic heterocycles. The molecule has 0 heterocycles. The second-order valence-electron chi connectivity index (χ2n) is 1.99. The fourth-order valence-electron chi connectivity index (χ4n) is 0.576. The Bertz CT molecular complexity index is 115. The van der Waals surface area contributed by atoms with Crippen molar-refractivity contribution in [1.82, 2.24) is 10.6 Å². The second kappa shape index (κ2) is 5.67. The molecule has 2 unspecified atom stereocenters. The zero-order valence-corrected chi connectivity index (χ0v) is 6.53. The maximum absolute atomic E-state index is 9.87. The summed E-state index contributed by atoms with van der Waals surface area (Å²) >= 11 is 0. The van der Waals surface area contributed by atoms with Crippen LogP contribution in [-0.4, -0.2) is 25.3 Å². The standard InChI is InChI=1S/C6H12N2O3/c1-5(7-3-9)11-6(2)8-4-10/h3-6H,1-2H3,(H,7,9)(H,8,10). The molecule has 0 rings (SSSR count). The van der Waals surface area contributed by atoms with Crippen LogP contribution in [0.5, 0.6) is 0 Å². The van der Waals surface area contributed by atoms with Gasteiger partial charge in [0, 0.05) is 0 Å². The highest BCUT2D eigenvalue weighted by Crippen LogP contribution is 1.89. The SMILES string of the molecule is CC(NC=O)OC(C)NC=O. The van der Waals surface area contributed by atoms with Crippen LogP contribution in [0.4, 0.5) is 0 Å². The number of rotatable bonds is 6. The van der Waals surface area contributed by atoms with E-state index in [4.69, 9.17) is 4.74 Å². The third-order valence-electron chi connectivity index (χ3n) is 1.01. The first-order valence-corrected chi connectivity index (χ1v) is 3.25. The molecule has 0 saturated heterocycles. The van der Waals surface area contributed by atoms with Gasteiger partial charge in [-0.3, -0.25) is 9.59 Å². The molecule has 0 aromatic rings. The molecular weight excluding hydrogens is 148 g/mol. The van der Waals surface area contributed by atoms with E-state index in [1.807, 2.05) is 0 Å². The van der Waals surface area contributed by atoms with Crippen molar-refractivity contribution in [2.75, 3.05) is 0 Å². The molecular formula is C6H12N2O3. The minimum absolute atomic E-state index is 0.394. The second-order valence-corrected chi connectivity index (χ2v) is 1.99. The van der Waals surface area contributed by atoms with E-state index >= 15 is 0 Å². The minimum atomic E-state index is -0.394. The molecule has 0 radical (unpaired) electrons. The van der Waals surface area contributed by atoms with Crippen LogP contribution < -0.4 is 10.6 Å². The average molecular weight is 160 g/mol. The molecule has 0 aromatic carbocycles. The Morgan fingerprint density at radius 1 is 1.09 bits per heavy atom. The van der Waals surface area contributed by atoms with E-state index in [1.54, 1.807) is 13.8 Å². The molecule has 0 bridgehead atoms. The summed E-state index contributed by atoms with van der Waals surface area (Å²) < 4.78 is 5.05. The molecule has 2 N–H and O–H groups in total. The van der Waals surface area contributed by atoms with Crippen molar-refractivity contribution in [3.8, 4) is 0 Å². The Labute approximate surface area is 65.1 Å². The highest BCUT2D eigenvalue weighted by atomic mass is 16.5. The van der Waals surface area contributed by atoms with Crippen molar-refractivity contribution < 1.29 is 14.3 Å². The van der Waals surface area contributed by atoms with Gasteiger partial charge in [-0.05, 0) is 13.8 Å². The number of ether oxygens (including phenoxy) is 1. The average Bonchev–Trinajstić information content (AvgIpc) is 1.87. The number of carbonyl (C=O) groups is 2. The lowest BCUT2D eigenvalue weighted by Crippen LogP contribution is -2.37. The van der Waals surface area contributed by atoms with Crippen LogP contribution in [0.25, 0.3) is 0 Å². The molecule has 64 valence electrons. The van der Waals surface area contributed by atoms with Crippen molar-refractivity contribution in [2.45, 2.75) is 26.3 Å². The lowest BCUT2D eigenvalue weighted by molar-refractivity contribution is -0.118. The molecule has 0 aromatic heterocycles. The number of hydrogen-bond acceptors (Lipinski definition) is 3. The summed E-state index contributed by atoms with van der Waals surface area (Å²) in [7, 11) is 0. The van der Waals surface area contributed by atoms with E-state index in [0.717, 1.165) is 0 Å². The molecule has 5 heteroatoms. The van der Waals surface area contributed by atoms with Gasteiger partial charge in [-0.15, -0.1) is 0 Å². The van der Waals surface area contributed by atoms with E-state index in [0.29, 0.717) is 12.8 Å². The smallest absolute Gasteiger partial charge is 0.209 e. The van der Waals surface area contributed by atoms with Gasteiger partial charge in [0.1, 0.15) is 12.5 Å². The summed E-state index contributed by atoms with van der Waals surface area (Å²) in [6.07, 6.45) is 0.293. The summed E-state index contributed by atoms with van der Waals surface area (Å²) in [6, 6.07) is 0. The molecule has 5 nitrogen and oxygen atoms in total. The van der Waals surface area contributed by atoms with Crippen LogP contribution in [0.15, 0.2) is 0 Å². The van der Waals surface area contributed by atoms with Crippen LogP contribution >= 0.6 is 0 Å². The number of hydrogen-bond donors (Lipinski definition) is 2. The molecule has 2 amide bonds. The predicted octanol–water partition coefficient (Wildman–Crippen LogP) is -0.813. The minimum Gasteiger partial charge on any atom is -0.336 e. The summed E-state index contributed by atoms with van der Waals surface area (Å²) in [5, 5.41) is 4.75. The third-order valence-corrected chi connectivity index (χ3v) is 1.01. The number of carbonyl (C=O) groups excluding carboxylic acids is 2. The molecule has 11 heavy (non-hydrogen) atoms. The van der Waals surface area contributed by atoms with Gasteiger partial charge < -0.3 is 15.4 Å². The van der Waals surface area contributed by atoms with E-state index in [-0.39, 0.29) is 0 Å². The van der Waals surface area contributed by atoms with Crippen LogP contribution in [0.1, 0.15) is 13.8 Å². The first kappa shape index (κ1) is 9.90. The Balaban J connectivity index is 3.46. The molecule has 2 atom stereocenters. The van der Waals surface area contributed by atoms with E-state index in [1.165, 1.54) is 0 Å². The topological polar surface area (TPSA) is 67.4 Å². The normalized spacial score (nSPS) is 14.7. The van der Waals surface area contributed by atoms with Gasteiger partial charge in [0.15, 0.2) is 0 Å². The Hall–Kier alpha value is -1.10. The van der Waals surface area contributed by atoms with Crippen LogP contribution in [0, 0.1) is 0 Å². The Kier molecular flexibility index (Phi) is 5.10. The van der Waals surface area contributed by atoms with Crippen LogP contribution in [0.2, 0.25) is 0 Å². The lowest BCUT2D eigenvalue weighted by Gasteiger charge is -2.16. The molecule has 0 aliphatic carbocycles. The zero-order valence-electron chi connectivity index (χ0n) is 6.53. The van der Waals surface area contributed by atoms with E-state index in [2.05, 4.69) is 10.6 Å². The first-order chi connectivity index (χ1) is 5.20. The largest absolute Gasteiger partial charge is 0.336 e. The number of amides is 2. The molecule has 0 saturated carbocycles. The predicted molar refractivity (Wildman–Crippen MR) is 38.4 cm³/mol. The van der Waals surface area contributed by atoms with E-state index < -0.39 is 12.5 Å². The Morgan fingerprint density at radius 3 is 1.73 bits per heavy atom. The summed E-state index contributed by atoms with van der Waals surface area (Å²) in [5.41, 5.74) is 0. The van der Waals surface area contributed by atoms with Gasteiger partial charge in [-0.1, -0.05) is 0 Å². The maximum Gasteiger partial charge on any atom is 0.209 e. The molecule has 0 aliphatic rings. The first-order valence-electron chi connectivity index (χ1n) is 3.25. The third kappa shape index (κ3) is 5.35. The van der Waals surface area contributed by atoms with Crippen molar-refractivity contribution >= 4 is 12.8 Å². The maximum atomic E-state index is 9.87. The van der Waals surface area contributed by atoms with Gasteiger partial charge in [0.25, 0.3) is 0 Å². The quantitative estimate of drug-likeness (QED) is 0.394. The number of nitrogens with one attached hydrogen (secondary N) is 2. The van der Waals surface area contributed by atoms with Gasteiger partial charge in [-0.25, -0.2) is 0 Å². The highest BCUT2D eigenvalue weighted by Gasteiger charge is 2.04.